The first-order valence-corrected chi connectivity index (χ1v) is 19.5. The van der Waals surface area contributed by atoms with Crippen LogP contribution in [0.1, 0.15) is 187 Å². The molecule has 6 heteroatoms. The van der Waals surface area contributed by atoms with Gasteiger partial charge in [0, 0.05) is 6.61 Å². The fourth-order valence-corrected chi connectivity index (χ4v) is 6.40. The highest BCUT2D eigenvalue weighted by Gasteiger charge is 2.19. The molecule has 1 rings (SSSR count). The van der Waals surface area contributed by atoms with Gasteiger partial charge in [-0.05, 0) is 97.7 Å². The molecule has 45 heavy (non-hydrogen) atoms. The topological polar surface area (TPSA) is 68.2 Å². The Morgan fingerprint density at radius 3 is 1.80 bits per heavy atom. The summed E-state index contributed by atoms with van der Waals surface area (Å²) in [4.78, 5) is 13.4. The van der Waals surface area contributed by atoms with Crippen LogP contribution >= 0.6 is 0 Å². The fraction of sp³-hybridized carbons (Fsp3) is 0.923. The summed E-state index contributed by atoms with van der Waals surface area (Å²) in [7, 11) is 4.32. The van der Waals surface area contributed by atoms with Crippen molar-refractivity contribution in [3.05, 3.63) is 12.2 Å². The maximum Gasteiger partial charge on any atom is 0.506 e. The van der Waals surface area contributed by atoms with Gasteiger partial charge in [-0.1, -0.05) is 122 Å². The molecule has 266 valence electrons. The number of rotatable bonds is 32. The Kier molecular flexibility index (Phi) is 29.3. The van der Waals surface area contributed by atoms with Crippen LogP contribution in [-0.2, 0) is 14.2 Å². The van der Waals surface area contributed by atoms with Gasteiger partial charge < -0.3 is 24.2 Å². The number of hydrogen-bond acceptors (Lipinski definition) is 5. The summed E-state index contributed by atoms with van der Waals surface area (Å²) < 4.78 is 17.5. The molecule has 0 aromatic heterocycles. The largest absolute Gasteiger partial charge is 0.506 e. The Bertz CT molecular complexity index is 664. The van der Waals surface area contributed by atoms with Crippen LogP contribution in [0.4, 0.5) is 4.79 Å². The summed E-state index contributed by atoms with van der Waals surface area (Å²) in [6.45, 7) is 4.30. The van der Waals surface area contributed by atoms with Gasteiger partial charge in [-0.25, -0.2) is 4.79 Å². The molecule has 3 atom stereocenters. The highest BCUT2D eigenvalue weighted by Crippen LogP contribution is 2.21. The maximum absolute atomic E-state index is 11.1. The van der Waals surface area contributed by atoms with E-state index in [1.54, 1.807) is 0 Å². The van der Waals surface area contributed by atoms with E-state index in [2.05, 4.69) is 38.1 Å². The molecule has 0 aliphatic carbocycles. The lowest BCUT2D eigenvalue weighted by Crippen LogP contribution is -2.27. The molecule has 0 aromatic carbocycles. The molecule has 1 N–H and O–H groups in total. The third-order valence-corrected chi connectivity index (χ3v) is 9.22. The van der Waals surface area contributed by atoms with E-state index < -0.39 is 6.16 Å². The van der Waals surface area contributed by atoms with E-state index in [0.29, 0.717) is 0 Å². The molecule has 0 bridgehead atoms. The summed E-state index contributed by atoms with van der Waals surface area (Å²) in [6, 6.07) is 0. The van der Waals surface area contributed by atoms with Crippen LogP contribution in [0.2, 0.25) is 0 Å². The average Bonchev–Trinajstić information content (AvgIpc) is 3.02. The Morgan fingerprint density at radius 2 is 1.27 bits per heavy atom. The van der Waals surface area contributed by atoms with Crippen molar-refractivity contribution >= 4 is 6.16 Å². The lowest BCUT2D eigenvalue weighted by atomic mass is 10.0. The summed E-state index contributed by atoms with van der Waals surface area (Å²) in [6.07, 6.45) is 37.5. The minimum Gasteiger partial charge on any atom is -0.450 e. The van der Waals surface area contributed by atoms with Crippen molar-refractivity contribution in [1.82, 2.24) is 4.90 Å². The fourth-order valence-electron chi connectivity index (χ4n) is 6.40. The highest BCUT2D eigenvalue weighted by molar-refractivity contribution is 5.57. The summed E-state index contributed by atoms with van der Waals surface area (Å²) in [5.74, 6) is 0. The zero-order valence-corrected chi connectivity index (χ0v) is 30.1. The number of allylic oxidation sites excluding steroid dienone is 1. The van der Waals surface area contributed by atoms with E-state index >= 15 is 0 Å². The molecule has 3 unspecified atom stereocenters. The van der Waals surface area contributed by atoms with Crippen LogP contribution in [0.5, 0.6) is 0 Å². The third-order valence-electron chi connectivity index (χ3n) is 9.22. The quantitative estimate of drug-likeness (QED) is 0.0449. The van der Waals surface area contributed by atoms with E-state index in [9.17, 15) is 4.79 Å². The summed E-state index contributed by atoms with van der Waals surface area (Å²) >= 11 is 0. The zero-order valence-electron chi connectivity index (χ0n) is 30.1. The van der Waals surface area contributed by atoms with Crippen LogP contribution in [-0.4, -0.2) is 61.9 Å². The lowest BCUT2D eigenvalue weighted by Gasteiger charge is -2.27. The van der Waals surface area contributed by atoms with Gasteiger partial charge in [-0.15, -0.1) is 0 Å². The minimum absolute atomic E-state index is 0.00494. The van der Waals surface area contributed by atoms with Gasteiger partial charge in [0.15, 0.2) is 6.29 Å². The molecule has 0 aromatic rings. The first-order chi connectivity index (χ1) is 22.0. The molecule has 6 nitrogen and oxygen atoms in total. The third kappa shape index (κ3) is 28.8. The molecular formula is C39H75NO5. The van der Waals surface area contributed by atoms with Crippen molar-refractivity contribution in [3.63, 3.8) is 0 Å². The Hall–Kier alpha value is -1.11. The smallest absolute Gasteiger partial charge is 0.450 e. The van der Waals surface area contributed by atoms with Gasteiger partial charge in [0.1, 0.15) is 6.10 Å². The number of ether oxygens (including phenoxy) is 3. The number of carboxylic acid groups (broad SMARTS) is 1. The van der Waals surface area contributed by atoms with Crippen LogP contribution in [0.3, 0.4) is 0 Å². The van der Waals surface area contributed by atoms with Gasteiger partial charge in [-0.3, -0.25) is 0 Å². The van der Waals surface area contributed by atoms with Crippen LogP contribution in [0, 0.1) is 0 Å². The van der Waals surface area contributed by atoms with Gasteiger partial charge in [0.05, 0.1) is 6.10 Å². The number of hydrogen-bond donors (Lipinski definition) is 1. The second kappa shape index (κ2) is 31.5. The first-order valence-electron chi connectivity index (χ1n) is 19.5. The van der Waals surface area contributed by atoms with Gasteiger partial charge >= 0.3 is 6.16 Å². The predicted molar refractivity (Wildman–Crippen MR) is 190 cm³/mol. The molecule has 0 saturated carbocycles. The molecular weight excluding hydrogens is 562 g/mol. The predicted octanol–water partition coefficient (Wildman–Crippen LogP) is 11.9. The molecule has 0 amide bonds. The van der Waals surface area contributed by atoms with E-state index in [-0.39, 0.29) is 18.5 Å². The maximum atomic E-state index is 11.1. The Morgan fingerprint density at radius 1 is 0.733 bits per heavy atom. The monoisotopic (exact) mass is 638 g/mol. The van der Waals surface area contributed by atoms with E-state index in [1.807, 2.05) is 0 Å². The second-order valence-electron chi connectivity index (χ2n) is 13.9. The molecule has 1 heterocycles. The number of carbonyl (C=O) groups is 1. The van der Waals surface area contributed by atoms with Crippen LogP contribution < -0.4 is 0 Å². The Labute approximate surface area is 279 Å². The van der Waals surface area contributed by atoms with Crippen molar-refractivity contribution in [3.8, 4) is 0 Å². The number of unbranched alkanes of at least 4 members (excludes halogenated alkanes) is 18. The molecule has 0 spiro atoms. The zero-order chi connectivity index (χ0) is 32.6. The van der Waals surface area contributed by atoms with Gasteiger partial charge in [0.2, 0.25) is 0 Å². The van der Waals surface area contributed by atoms with Crippen molar-refractivity contribution in [2.24, 2.45) is 0 Å². The minimum atomic E-state index is -1.12. The average molecular weight is 638 g/mol. The number of nitrogens with zero attached hydrogens (tertiary/aromatic N) is 1. The van der Waals surface area contributed by atoms with E-state index in [0.717, 1.165) is 70.8 Å². The van der Waals surface area contributed by atoms with E-state index in [4.69, 9.17) is 19.3 Å². The van der Waals surface area contributed by atoms with Crippen molar-refractivity contribution in [1.29, 1.82) is 0 Å². The second-order valence-corrected chi connectivity index (χ2v) is 13.9. The molecule has 1 aliphatic heterocycles. The molecule has 1 saturated heterocycles. The van der Waals surface area contributed by atoms with Gasteiger partial charge in [0.25, 0.3) is 0 Å². The van der Waals surface area contributed by atoms with Crippen molar-refractivity contribution in [2.45, 2.75) is 205 Å². The SMILES string of the molecule is CCCCCCCCCCC(CCCCCCC/C=C\CC(CCCCCCCCCN(C)C)OC1CCCCO1)OC(=O)O. The van der Waals surface area contributed by atoms with E-state index in [1.165, 1.54) is 122 Å². The normalized spacial score (nSPS) is 16.8. The Balaban J connectivity index is 2.15. The summed E-state index contributed by atoms with van der Waals surface area (Å²) in [5, 5.41) is 9.13. The first kappa shape index (κ1) is 41.9. The van der Waals surface area contributed by atoms with Crippen molar-refractivity contribution in [2.75, 3.05) is 27.2 Å². The molecule has 1 fully saturated rings. The highest BCUT2D eigenvalue weighted by atomic mass is 16.7. The van der Waals surface area contributed by atoms with Gasteiger partial charge in [-0.2, -0.15) is 0 Å². The summed E-state index contributed by atoms with van der Waals surface area (Å²) in [5.41, 5.74) is 0. The standard InChI is InChI=1S/C39H75NO5/c1-4-5-6-7-8-12-19-24-31-37(45-39(41)42)32-25-20-14-10-9-13-17-22-29-36(44-38-33-26-28-35-43-38)30-23-18-15-11-16-21-27-34-40(2)3/h17,22,36-38H,4-16,18-21,23-35H2,1-3H3,(H,41,42)/b22-17-. The van der Waals surface area contributed by atoms with Crippen LogP contribution in [0.25, 0.3) is 0 Å². The van der Waals surface area contributed by atoms with Crippen LogP contribution in [0.15, 0.2) is 12.2 Å². The molecule has 1 aliphatic rings. The van der Waals surface area contributed by atoms with Crippen molar-refractivity contribution < 1.29 is 24.1 Å². The molecule has 0 radical (unpaired) electrons. The lowest BCUT2D eigenvalue weighted by molar-refractivity contribution is -0.188.